The number of nitrogens with zero attached hydrogens (tertiary/aromatic N) is 1. The second kappa shape index (κ2) is 10.3. The number of nitrogens with one attached hydrogen (secondary N) is 2. The van der Waals surface area contributed by atoms with Crippen LogP contribution in [0.2, 0.25) is 0 Å². The number of aromatic amines is 1. The lowest BCUT2D eigenvalue weighted by Gasteiger charge is -2.26. The molecule has 0 bridgehead atoms. The number of aromatic nitrogens is 1. The number of hydrogen-bond donors (Lipinski definition) is 2. The molecular weight excluding hydrogens is 421 g/mol. The summed E-state index contributed by atoms with van der Waals surface area (Å²) in [6.07, 6.45) is 6.65. The zero-order chi connectivity index (χ0) is 23.2. The summed E-state index contributed by atoms with van der Waals surface area (Å²) in [5.74, 6) is 0.0396. The first-order valence-corrected chi connectivity index (χ1v) is 11.3. The van der Waals surface area contributed by atoms with Crippen molar-refractivity contribution in [3.05, 3.63) is 71.7 Å². The van der Waals surface area contributed by atoms with E-state index in [-0.39, 0.29) is 24.2 Å². The number of carbonyl (C=O) groups is 2. The number of rotatable bonds is 8. The number of carbonyl (C=O) groups excluding carboxylic acids is 2. The number of H-pyrrole nitrogens is 1. The van der Waals surface area contributed by atoms with Crippen LogP contribution in [0.5, 0.6) is 5.75 Å². The lowest BCUT2D eigenvalue weighted by Crippen LogP contribution is -2.42. The lowest BCUT2D eigenvalue weighted by atomic mass is 9.99. The van der Waals surface area contributed by atoms with Crippen LogP contribution >= 0.6 is 0 Å². The Labute approximate surface area is 192 Å². The van der Waals surface area contributed by atoms with Gasteiger partial charge in [-0.1, -0.05) is 19.4 Å². The van der Waals surface area contributed by atoms with E-state index in [0.29, 0.717) is 31.7 Å². The second-order valence-electron chi connectivity index (χ2n) is 8.12. The minimum atomic E-state index is -0.289. The zero-order valence-electron chi connectivity index (χ0n) is 18.7. The predicted molar refractivity (Wildman–Crippen MR) is 127 cm³/mol. The fourth-order valence-electron chi connectivity index (χ4n) is 3.91. The Morgan fingerprint density at radius 2 is 2.00 bits per heavy atom. The Kier molecular flexibility index (Phi) is 7.07. The molecule has 4 rings (SSSR count). The largest absolute Gasteiger partial charge is 0.494 e. The van der Waals surface area contributed by atoms with Gasteiger partial charge in [0.1, 0.15) is 11.6 Å². The van der Waals surface area contributed by atoms with Crippen molar-refractivity contribution in [2.24, 2.45) is 0 Å². The molecule has 0 aliphatic carbocycles. The molecule has 1 aliphatic rings. The van der Waals surface area contributed by atoms with Gasteiger partial charge in [-0.05, 0) is 60.9 Å². The van der Waals surface area contributed by atoms with E-state index in [1.807, 2.05) is 12.3 Å². The summed E-state index contributed by atoms with van der Waals surface area (Å²) in [6, 6.07) is 11.6. The van der Waals surface area contributed by atoms with Crippen molar-refractivity contribution < 1.29 is 18.7 Å². The average molecular weight is 450 g/mol. The molecule has 33 heavy (non-hydrogen) atoms. The lowest BCUT2D eigenvalue weighted by molar-refractivity contribution is -0.129. The van der Waals surface area contributed by atoms with Crippen molar-refractivity contribution in [1.29, 1.82) is 0 Å². The van der Waals surface area contributed by atoms with E-state index in [2.05, 4.69) is 17.2 Å². The van der Waals surface area contributed by atoms with E-state index in [9.17, 15) is 14.0 Å². The molecule has 2 N–H and O–H groups in total. The molecule has 0 radical (unpaired) electrons. The predicted octanol–water partition coefficient (Wildman–Crippen LogP) is 4.53. The van der Waals surface area contributed by atoms with E-state index in [1.54, 1.807) is 35.2 Å². The SMILES string of the molecule is CCCCOc1ccc(C(=O)NCC(=O)N2CC=C(c3c[nH]c4cc(F)ccc34)CC2)cc1. The maximum atomic E-state index is 13.4. The van der Waals surface area contributed by atoms with Crippen LogP contribution in [-0.2, 0) is 4.79 Å². The van der Waals surface area contributed by atoms with Crippen LogP contribution in [-0.4, -0.2) is 47.9 Å². The number of fused-ring (bicyclic) bond motifs is 1. The van der Waals surface area contributed by atoms with Gasteiger partial charge in [0.15, 0.2) is 0 Å². The maximum absolute atomic E-state index is 13.4. The summed E-state index contributed by atoms with van der Waals surface area (Å²) in [6.45, 7) is 3.74. The van der Waals surface area contributed by atoms with Gasteiger partial charge in [0.2, 0.25) is 5.91 Å². The fraction of sp³-hybridized carbons (Fsp3) is 0.308. The van der Waals surface area contributed by atoms with E-state index >= 15 is 0 Å². The van der Waals surface area contributed by atoms with Crippen LogP contribution in [0.25, 0.3) is 16.5 Å². The zero-order valence-corrected chi connectivity index (χ0v) is 18.7. The van der Waals surface area contributed by atoms with Gasteiger partial charge in [-0.2, -0.15) is 0 Å². The third kappa shape index (κ3) is 5.42. The summed E-state index contributed by atoms with van der Waals surface area (Å²) in [5, 5.41) is 3.67. The number of ether oxygens (including phenoxy) is 1. The first-order valence-electron chi connectivity index (χ1n) is 11.3. The van der Waals surface area contributed by atoms with Gasteiger partial charge < -0.3 is 19.9 Å². The standard InChI is InChI=1S/C26H28FN3O3/c1-2-3-14-33-21-7-4-19(5-8-21)26(32)29-17-25(31)30-12-10-18(11-13-30)23-16-28-24-15-20(27)6-9-22(23)24/h4-10,15-16,28H,2-3,11-14,17H2,1H3,(H,29,32). The van der Waals surface area contributed by atoms with Crippen molar-refractivity contribution in [1.82, 2.24) is 15.2 Å². The van der Waals surface area contributed by atoms with Gasteiger partial charge in [0.05, 0.1) is 13.2 Å². The van der Waals surface area contributed by atoms with Crippen molar-refractivity contribution in [3.63, 3.8) is 0 Å². The van der Waals surface area contributed by atoms with Gasteiger partial charge in [-0.15, -0.1) is 0 Å². The molecule has 0 atom stereocenters. The van der Waals surface area contributed by atoms with E-state index in [0.717, 1.165) is 40.6 Å². The Hall–Kier alpha value is -3.61. The van der Waals surface area contributed by atoms with Crippen molar-refractivity contribution in [3.8, 4) is 5.75 Å². The third-order valence-corrected chi connectivity index (χ3v) is 5.83. The van der Waals surface area contributed by atoms with Crippen molar-refractivity contribution in [2.75, 3.05) is 26.2 Å². The average Bonchev–Trinajstić information content (AvgIpc) is 3.26. The normalized spacial score (nSPS) is 13.6. The van der Waals surface area contributed by atoms with Crippen LogP contribution in [0.15, 0.2) is 54.7 Å². The van der Waals surface area contributed by atoms with E-state index in [4.69, 9.17) is 4.74 Å². The number of unbranched alkanes of at least 4 members (excludes halogenated alkanes) is 1. The highest BCUT2D eigenvalue weighted by Crippen LogP contribution is 2.29. The summed E-state index contributed by atoms with van der Waals surface area (Å²) in [7, 11) is 0. The highest BCUT2D eigenvalue weighted by Gasteiger charge is 2.20. The molecule has 2 amide bonds. The number of halogens is 1. The first kappa shape index (κ1) is 22.6. The smallest absolute Gasteiger partial charge is 0.251 e. The van der Waals surface area contributed by atoms with Gasteiger partial charge in [-0.3, -0.25) is 9.59 Å². The van der Waals surface area contributed by atoms with Crippen molar-refractivity contribution >= 4 is 28.3 Å². The Morgan fingerprint density at radius 3 is 2.73 bits per heavy atom. The van der Waals surface area contributed by atoms with Gasteiger partial charge in [0, 0.05) is 41.3 Å². The first-order chi connectivity index (χ1) is 16.0. The van der Waals surface area contributed by atoms with Gasteiger partial charge >= 0.3 is 0 Å². The second-order valence-corrected chi connectivity index (χ2v) is 8.12. The number of amides is 2. The number of hydrogen-bond acceptors (Lipinski definition) is 3. The van der Waals surface area contributed by atoms with Crippen LogP contribution in [0.3, 0.4) is 0 Å². The summed E-state index contributed by atoms with van der Waals surface area (Å²) in [5.41, 5.74) is 3.41. The Morgan fingerprint density at radius 1 is 1.18 bits per heavy atom. The molecule has 172 valence electrons. The van der Waals surface area contributed by atoms with Crippen LogP contribution in [0.1, 0.15) is 42.1 Å². The highest BCUT2D eigenvalue weighted by atomic mass is 19.1. The molecule has 1 aromatic heterocycles. The Balaban J connectivity index is 1.29. The van der Waals surface area contributed by atoms with E-state index < -0.39 is 0 Å². The van der Waals surface area contributed by atoms with Gasteiger partial charge in [0.25, 0.3) is 5.91 Å². The highest BCUT2D eigenvalue weighted by molar-refractivity contribution is 5.97. The third-order valence-electron chi connectivity index (χ3n) is 5.83. The Bertz CT molecular complexity index is 1170. The monoisotopic (exact) mass is 449 g/mol. The molecule has 1 aliphatic heterocycles. The molecule has 0 saturated carbocycles. The molecule has 0 unspecified atom stereocenters. The molecule has 2 aromatic carbocycles. The quantitative estimate of drug-likeness (QED) is 0.496. The van der Waals surface area contributed by atoms with Crippen LogP contribution in [0.4, 0.5) is 4.39 Å². The summed E-state index contributed by atoms with van der Waals surface area (Å²) >= 11 is 0. The van der Waals surface area contributed by atoms with Crippen LogP contribution in [0, 0.1) is 5.82 Å². The molecule has 2 heterocycles. The topological polar surface area (TPSA) is 74.4 Å². The molecule has 0 saturated heterocycles. The minimum Gasteiger partial charge on any atom is -0.494 e. The maximum Gasteiger partial charge on any atom is 0.251 e. The molecular formula is C26H28FN3O3. The minimum absolute atomic E-state index is 0.0525. The number of benzene rings is 2. The van der Waals surface area contributed by atoms with E-state index in [1.165, 1.54) is 12.1 Å². The summed E-state index contributed by atoms with van der Waals surface area (Å²) < 4.78 is 19.0. The molecule has 6 nitrogen and oxygen atoms in total. The van der Waals surface area contributed by atoms with Crippen LogP contribution < -0.4 is 10.1 Å². The molecule has 3 aromatic rings. The summed E-state index contributed by atoms with van der Waals surface area (Å²) in [4.78, 5) is 29.8. The molecule has 7 heteroatoms. The van der Waals surface area contributed by atoms with Crippen molar-refractivity contribution in [2.45, 2.75) is 26.2 Å². The molecule has 0 spiro atoms. The van der Waals surface area contributed by atoms with Gasteiger partial charge in [-0.25, -0.2) is 4.39 Å². The molecule has 0 fully saturated rings. The fourth-order valence-corrected chi connectivity index (χ4v) is 3.91.